The molecule has 1 saturated heterocycles. The molecule has 2 fully saturated rings. The van der Waals surface area contributed by atoms with Gasteiger partial charge >= 0.3 is 0 Å². The Bertz CT molecular complexity index is 989. The highest BCUT2D eigenvalue weighted by Gasteiger charge is 2.34. The third-order valence-corrected chi connectivity index (χ3v) is 9.62. The lowest BCUT2D eigenvalue weighted by molar-refractivity contribution is -0.131. The molecule has 3 aliphatic rings. The van der Waals surface area contributed by atoms with E-state index in [1.165, 1.54) is 41.5 Å². The number of likely N-dealkylation sites (tertiary alicyclic amines) is 1. The van der Waals surface area contributed by atoms with Gasteiger partial charge in [0.05, 0.1) is 5.75 Å². The molecule has 2 unspecified atom stereocenters. The first-order chi connectivity index (χ1) is 14.8. The van der Waals surface area contributed by atoms with Gasteiger partial charge in [0.15, 0.2) is 0 Å². The van der Waals surface area contributed by atoms with Crippen molar-refractivity contribution in [3.63, 3.8) is 0 Å². The fourth-order valence-corrected chi connectivity index (χ4v) is 7.53. The first kappa shape index (κ1) is 21.7. The lowest BCUT2D eigenvalue weighted by atomic mass is 9.72. The lowest BCUT2D eigenvalue weighted by Gasteiger charge is -2.34. The number of thioether (sulfide) groups is 1. The van der Waals surface area contributed by atoms with E-state index in [0.717, 1.165) is 53.8 Å². The summed E-state index contributed by atoms with van der Waals surface area (Å²) >= 11 is 3.56. The van der Waals surface area contributed by atoms with E-state index in [0.29, 0.717) is 23.1 Å². The van der Waals surface area contributed by atoms with Crippen LogP contribution in [0, 0.1) is 11.3 Å². The normalized spacial score (nSPS) is 24.5. The molecule has 0 bridgehead atoms. The van der Waals surface area contributed by atoms with Gasteiger partial charge in [-0.2, -0.15) is 0 Å². The second-order valence-corrected chi connectivity index (χ2v) is 12.9. The Kier molecular flexibility index (Phi) is 5.83. The minimum Gasteiger partial charge on any atom is -0.339 e. The molecular formula is C25H35N3OS2. The standard InChI is InChI=1S/C25H35N3OS2/c1-15-7-5-6-12-28(15)20(29)14-30-23-21-18-11-10-17(25(2,3)4)13-19(18)31-24(21)27-22(26-23)16-8-9-16/h15-17H,5-14H2,1-4H3. The van der Waals surface area contributed by atoms with Gasteiger partial charge in [0.1, 0.15) is 15.7 Å². The molecule has 3 heterocycles. The number of hydrogen-bond acceptors (Lipinski definition) is 5. The number of carbonyl (C=O) groups excluding carboxylic acids is 1. The number of piperidine rings is 1. The number of nitrogens with zero attached hydrogens (tertiary/aromatic N) is 3. The van der Waals surface area contributed by atoms with Crippen molar-refractivity contribution in [2.24, 2.45) is 11.3 Å². The number of thiophene rings is 1. The molecule has 0 aromatic carbocycles. The predicted octanol–water partition coefficient (Wildman–Crippen LogP) is 6.21. The van der Waals surface area contributed by atoms with Gasteiger partial charge in [-0.25, -0.2) is 9.97 Å². The number of rotatable bonds is 4. The van der Waals surface area contributed by atoms with Crippen molar-refractivity contribution in [3.05, 3.63) is 16.3 Å². The van der Waals surface area contributed by atoms with Crippen LogP contribution in [0.3, 0.4) is 0 Å². The quantitative estimate of drug-likeness (QED) is 0.404. The number of aryl methyl sites for hydroxylation is 1. The maximum Gasteiger partial charge on any atom is 0.233 e. The van der Waals surface area contributed by atoms with E-state index >= 15 is 0 Å². The van der Waals surface area contributed by atoms with Crippen LogP contribution in [-0.4, -0.2) is 39.1 Å². The molecule has 168 valence electrons. The van der Waals surface area contributed by atoms with E-state index in [4.69, 9.17) is 9.97 Å². The summed E-state index contributed by atoms with van der Waals surface area (Å²) in [6.45, 7) is 10.2. The summed E-state index contributed by atoms with van der Waals surface area (Å²) in [5, 5.41) is 2.33. The smallest absolute Gasteiger partial charge is 0.233 e. The summed E-state index contributed by atoms with van der Waals surface area (Å²) in [4.78, 5) is 27.8. The lowest BCUT2D eigenvalue weighted by Crippen LogP contribution is -2.42. The maximum absolute atomic E-state index is 13.0. The summed E-state index contributed by atoms with van der Waals surface area (Å²) in [6.07, 6.45) is 9.44. The Morgan fingerprint density at radius 2 is 1.97 bits per heavy atom. The van der Waals surface area contributed by atoms with Crippen molar-refractivity contribution >= 4 is 39.2 Å². The van der Waals surface area contributed by atoms with E-state index in [1.807, 2.05) is 11.3 Å². The first-order valence-electron chi connectivity index (χ1n) is 12.1. The van der Waals surface area contributed by atoms with Crippen molar-refractivity contribution in [3.8, 4) is 0 Å². The van der Waals surface area contributed by atoms with Crippen LogP contribution in [-0.2, 0) is 17.6 Å². The molecule has 0 N–H and O–H groups in total. The molecule has 2 aromatic rings. The van der Waals surface area contributed by atoms with Crippen LogP contribution in [0.15, 0.2) is 5.03 Å². The molecule has 4 nitrogen and oxygen atoms in total. The van der Waals surface area contributed by atoms with Crippen molar-refractivity contribution in [1.82, 2.24) is 14.9 Å². The summed E-state index contributed by atoms with van der Waals surface area (Å²) in [6, 6.07) is 0.373. The minimum absolute atomic E-state index is 0.272. The summed E-state index contributed by atoms with van der Waals surface area (Å²) < 4.78 is 0. The van der Waals surface area contributed by atoms with Gasteiger partial charge in [-0.15, -0.1) is 11.3 Å². The Morgan fingerprint density at radius 3 is 2.68 bits per heavy atom. The van der Waals surface area contributed by atoms with Crippen molar-refractivity contribution in [1.29, 1.82) is 0 Å². The average molecular weight is 458 g/mol. The van der Waals surface area contributed by atoms with E-state index in [2.05, 4.69) is 32.6 Å². The molecule has 31 heavy (non-hydrogen) atoms. The Labute approximate surface area is 194 Å². The molecule has 1 amide bonds. The van der Waals surface area contributed by atoms with Gasteiger partial charge in [0.2, 0.25) is 5.91 Å². The third-order valence-electron chi connectivity index (χ3n) is 7.52. The van der Waals surface area contributed by atoms with E-state index in [9.17, 15) is 4.79 Å². The Morgan fingerprint density at radius 1 is 1.16 bits per heavy atom. The largest absolute Gasteiger partial charge is 0.339 e. The average Bonchev–Trinajstić information content (AvgIpc) is 3.51. The molecule has 5 rings (SSSR count). The van der Waals surface area contributed by atoms with Crippen LogP contribution < -0.4 is 0 Å². The summed E-state index contributed by atoms with van der Waals surface area (Å²) in [5.41, 5.74) is 1.82. The van der Waals surface area contributed by atoms with Gasteiger partial charge in [-0.3, -0.25) is 4.79 Å². The number of amides is 1. The topological polar surface area (TPSA) is 46.1 Å². The summed E-state index contributed by atoms with van der Waals surface area (Å²) in [5.74, 6) is 3.04. The van der Waals surface area contributed by atoms with Crippen molar-refractivity contribution in [2.75, 3.05) is 12.3 Å². The second-order valence-electron chi connectivity index (χ2n) is 10.9. The second kappa shape index (κ2) is 8.33. The highest BCUT2D eigenvalue weighted by molar-refractivity contribution is 8.00. The number of fused-ring (bicyclic) bond motifs is 3. The predicted molar refractivity (Wildman–Crippen MR) is 130 cm³/mol. The van der Waals surface area contributed by atoms with Gasteiger partial charge in [-0.1, -0.05) is 32.5 Å². The van der Waals surface area contributed by atoms with Crippen LogP contribution >= 0.6 is 23.1 Å². The first-order valence-corrected chi connectivity index (χ1v) is 13.9. The fourth-order valence-electron chi connectivity index (χ4n) is 5.21. The van der Waals surface area contributed by atoms with Crippen LogP contribution in [0.4, 0.5) is 0 Å². The van der Waals surface area contributed by atoms with E-state index < -0.39 is 0 Å². The van der Waals surface area contributed by atoms with E-state index in [-0.39, 0.29) is 5.91 Å². The molecule has 0 radical (unpaired) electrons. The number of carbonyl (C=O) groups is 1. The van der Waals surface area contributed by atoms with Gasteiger partial charge < -0.3 is 4.90 Å². The Balaban J connectivity index is 1.44. The van der Waals surface area contributed by atoms with Crippen LogP contribution in [0.5, 0.6) is 0 Å². The van der Waals surface area contributed by atoms with Gasteiger partial charge in [0.25, 0.3) is 0 Å². The van der Waals surface area contributed by atoms with E-state index in [1.54, 1.807) is 11.8 Å². The van der Waals surface area contributed by atoms with Crippen LogP contribution in [0.25, 0.3) is 10.2 Å². The number of hydrogen-bond donors (Lipinski definition) is 0. The van der Waals surface area contributed by atoms with Crippen molar-refractivity contribution < 1.29 is 4.79 Å². The third kappa shape index (κ3) is 4.39. The molecule has 1 saturated carbocycles. The monoisotopic (exact) mass is 457 g/mol. The number of aromatic nitrogens is 2. The van der Waals surface area contributed by atoms with Gasteiger partial charge in [0, 0.05) is 28.8 Å². The molecule has 2 aliphatic carbocycles. The molecule has 2 atom stereocenters. The molecular weight excluding hydrogens is 422 g/mol. The zero-order chi connectivity index (χ0) is 21.8. The fraction of sp³-hybridized carbons (Fsp3) is 0.720. The van der Waals surface area contributed by atoms with Crippen molar-refractivity contribution in [2.45, 2.75) is 96.0 Å². The zero-order valence-corrected chi connectivity index (χ0v) is 21.0. The molecule has 2 aromatic heterocycles. The Hall–Kier alpha value is -1.14. The molecule has 6 heteroatoms. The van der Waals surface area contributed by atoms with Crippen LogP contribution in [0.1, 0.15) is 88.4 Å². The zero-order valence-electron chi connectivity index (χ0n) is 19.4. The maximum atomic E-state index is 13.0. The SMILES string of the molecule is CC1CCCCN1C(=O)CSc1nc(C2CC2)nc2sc3c(c12)CCC(C(C)(C)C)C3. The van der Waals surface area contributed by atoms with Gasteiger partial charge in [-0.05, 0) is 75.2 Å². The highest BCUT2D eigenvalue weighted by Crippen LogP contribution is 2.46. The molecule has 0 spiro atoms. The highest BCUT2D eigenvalue weighted by atomic mass is 32.2. The molecule has 1 aliphatic heterocycles. The van der Waals surface area contributed by atoms with Crippen LogP contribution in [0.2, 0.25) is 0 Å². The summed E-state index contributed by atoms with van der Waals surface area (Å²) in [7, 11) is 0. The minimum atomic E-state index is 0.272.